The molecule has 0 heterocycles. The molecule has 2 nitrogen and oxygen atoms in total. The first-order chi connectivity index (χ1) is 14.2. The SMILES string of the molecule is O=C(CCCCCC(=O)[C@@H]1CCCC2CCCCC2C1)CCCc1ccccc1. The lowest BCUT2D eigenvalue weighted by molar-refractivity contribution is -0.123. The summed E-state index contributed by atoms with van der Waals surface area (Å²) in [6.45, 7) is 0. The zero-order valence-corrected chi connectivity index (χ0v) is 18.2. The number of ketones is 2. The van der Waals surface area contributed by atoms with Crippen molar-refractivity contribution < 1.29 is 9.59 Å². The van der Waals surface area contributed by atoms with Gasteiger partial charge in [-0.05, 0) is 55.9 Å². The van der Waals surface area contributed by atoms with Crippen LogP contribution < -0.4 is 0 Å². The molecule has 0 aromatic heterocycles. The van der Waals surface area contributed by atoms with E-state index in [1.807, 2.05) is 6.07 Å². The van der Waals surface area contributed by atoms with Gasteiger partial charge in [-0.3, -0.25) is 9.59 Å². The maximum Gasteiger partial charge on any atom is 0.135 e. The third-order valence-corrected chi connectivity index (χ3v) is 7.38. The van der Waals surface area contributed by atoms with Gasteiger partial charge in [0.15, 0.2) is 0 Å². The van der Waals surface area contributed by atoms with Crippen LogP contribution in [0.15, 0.2) is 30.3 Å². The number of carbonyl (C=O) groups is 2. The number of aryl methyl sites for hydroxylation is 1. The van der Waals surface area contributed by atoms with Crippen LogP contribution in [-0.4, -0.2) is 11.6 Å². The van der Waals surface area contributed by atoms with Crippen LogP contribution in [0.25, 0.3) is 0 Å². The van der Waals surface area contributed by atoms with Gasteiger partial charge in [0.1, 0.15) is 11.6 Å². The van der Waals surface area contributed by atoms with Crippen molar-refractivity contribution in [3.05, 3.63) is 35.9 Å². The highest BCUT2D eigenvalue weighted by molar-refractivity contribution is 5.81. The van der Waals surface area contributed by atoms with E-state index < -0.39 is 0 Å². The minimum absolute atomic E-state index is 0.336. The van der Waals surface area contributed by atoms with E-state index in [2.05, 4.69) is 24.3 Å². The van der Waals surface area contributed by atoms with Gasteiger partial charge in [0.05, 0.1) is 0 Å². The molecule has 29 heavy (non-hydrogen) atoms. The Morgan fingerprint density at radius 3 is 2.24 bits per heavy atom. The summed E-state index contributed by atoms with van der Waals surface area (Å²) >= 11 is 0. The Bertz CT molecular complexity index is 621. The summed E-state index contributed by atoms with van der Waals surface area (Å²) in [4.78, 5) is 24.8. The zero-order chi connectivity index (χ0) is 20.3. The molecule has 3 rings (SSSR count). The Morgan fingerprint density at radius 2 is 1.41 bits per heavy atom. The van der Waals surface area contributed by atoms with Crippen LogP contribution in [0.2, 0.25) is 0 Å². The van der Waals surface area contributed by atoms with Crippen LogP contribution in [0.1, 0.15) is 102 Å². The van der Waals surface area contributed by atoms with Crippen LogP contribution >= 0.6 is 0 Å². The lowest BCUT2D eigenvalue weighted by Crippen LogP contribution is -2.22. The highest BCUT2D eigenvalue weighted by atomic mass is 16.1. The van der Waals surface area contributed by atoms with Gasteiger partial charge < -0.3 is 0 Å². The van der Waals surface area contributed by atoms with Crippen molar-refractivity contribution in [2.45, 2.75) is 103 Å². The summed E-state index contributed by atoms with van der Waals surface area (Å²) in [6.07, 6.45) is 17.5. The van der Waals surface area contributed by atoms with Gasteiger partial charge in [-0.2, -0.15) is 0 Å². The van der Waals surface area contributed by atoms with Crippen molar-refractivity contribution >= 4 is 11.6 Å². The van der Waals surface area contributed by atoms with Crippen molar-refractivity contribution in [2.24, 2.45) is 17.8 Å². The van der Waals surface area contributed by atoms with E-state index in [4.69, 9.17) is 0 Å². The normalized spacial score (nSPS) is 24.5. The fraction of sp³-hybridized carbons (Fsp3) is 0.704. The fourth-order valence-electron chi connectivity index (χ4n) is 5.64. The molecule has 0 spiro atoms. The summed E-state index contributed by atoms with van der Waals surface area (Å²) in [5.41, 5.74) is 1.32. The number of hydrogen-bond donors (Lipinski definition) is 0. The number of benzene rings is 1. The van der Waals surface area contributed by atoms with E-state index in [0.717, 1.165) is 56.8 Å². The summed E-state index contributed by atoms with van der Waals surface area (Å²) in [5.74, 6) is 2.98. The zero-order valence-electron chi connectivity index (χ0n) is 18.2. The number of fused-ring (bicyclic) bond motifs is 1. The van der Waals surface area contributed by atoms with Crippen LogP contribution in [0.4, 0.5) is 0 Å². The molecule has 2 fully saturated rings. The Morgan fingerprint density at radius 1 is 0.724 bits per heavy atom. The van der Waals surface area contributed by atoms with E-state index >= 15 is 0 Å². The number of carbonyl (C=O) groups excluding carboxylic acids is 2. The van der Waals surface area contributed by atoms with Crippen LogP contribution in [0.5, 0.6) is 0 Å². The van der Waals surface area contributed by atoms with Gasteiger partial charge in [0.2, 0.25) is 0 Å². The Kier molecular flexibility index (Phi) is 9.44. The average Bonchev–Trinajstić information content (AvgIpc) is 2.97. The third-order valence-electron chi connectivity index (χ3n) is 7.38. The summed E-state index contributed by atoms with van der Waals surface area (Å²) in [7, 11) is 0. The average molecular weight is 397 g/mol. The summed E-state index contributed by atoms with van der Waals surface area (Å²) in [5, 5.41) is 0. The maximum atomic E-state index is 12.7. The van der Waals surface area contributed by atoms with Gasteiger partial charge in [-0.15, -0.1) is 0 Å². The first kappa shape index (κ1) is 22.2. The van der Waals surface area contributed by atoms with E-state index in [1.54, 1.807) is 0 Å². The largest absolute Gasteiger partial charge is 0.300 e. The monoisotopic (exact) mass is 396 g/mol. The molecule has 2 aliphatic rings. The minimum Gasteiger partial charge on any atom is -0.300 e. The van der Waals surface area contributed by atoms with Crippen molar-refractivity contribution in [2.75, 3.05) is 0 Å². The topological polar surface area (TPSA) is 34.1 Å². The molecular formula is C27H40O2. The second kappa shape index (κ2) is 12.3. The highest BCUT2D eigenvalue weighted by Gasteiger charge is 2.32. The van der Waals surface area contributed by atoms with E-state index in [-0.39, 0.29) is 0 Å². The van der Waals surface area contributed by atoms with Crippen molar-refractivity contribution in [1.29, 1.82) is 0 Å². The van der Waals surface area contributed by atoms with Crippen LogP contribution in [0, 0.1) is 17.8 Å². The van der Waals surface area contributed by atoms with Gasteiger partial charge in [0, 0.05) is 25.2 Å². The van der Waals surface area contributed by atoms with E-state index in [1.165, 1.54) is 50.5 Å². The van der Waals surface area contributed by atoms with Gasteiger partial charge in [-0.25, -0.2) is 0 Å². The molecule has 0 aliphatic heterocycles. The Labute approximate surface area is 177 Å². The molecule has 2 unspecified atom stereocenters. The quantitative estimate of drug-likeness (QED) is 0.374. The molecule has 160 valence electrons. The fourth-order valence-corrected chi connectivity index (χ4v) is 5.64. The molecule has 2 aliphatic carbocycles. The Balaban J connectivity index is 1.24. The van der Waals surface area contributed by atoms with Crippen LogP contribution in [0.3, 0.4) is 0 Å². The molecule has 0 N–H and O–H groups in total. The molecule has 1 aromatic rings. The lowest BCUT2D eigenvalue weighted by Gasteiger charge is -2.30. The molecular weight excluding hydrogens is 356 g/mol. The maximum absolute atomic E-state index is 12.7. The lowest BCUT2D eigenvalue weighted by atomic mass is 9.75. The Hall–Kier alpha value is -1.44. The first-order valence-electron chi connectivity index (χ1n) is 12.3. The van der Waals surface area contributed by atoms with E-state index in [0.29, 0.717) is 30.3 Å². The standard InChI is InChI=1S/C27H40O2/c28-26(19-9-13-22-11-3-1-4-12-22)18-5-2-6-20-27(29)25-17-10-16-23-14-7-8-15-24(23)21-25/h1,3-4,11-12,23-25H,2,5-10,13-21H2/t23?,24?,25-/m1/s1. The number of unbranched alkanes of at least 4 members (excludes halogenated alkanes) is 2. The van der Waals surface area contributed by atoms with Crippen molar-refractivity contribution in [3.63, 3.8) is 0 Å². The minimum atomic E-state index is 0.336. The second-order valence-electron chi connectivity index (χ2n) is 9.57. The molecule has 1 aromatic carbocycles. The summed E-state index contributed by atoms with van der Waals surface area (Å²) in [6, 6.07) is 10.4. The number of hydrogen-bond acceptors (Lipinski definition) is 2. The van der Waals surface area contributed by atoms with Crippen molar-refractivity contribution in [3.8, 4) is 0 Å². The predicted octanol–water partition coefficient (Wildman–Crippen LogP) is 7.09. The second-order valence-corrected chi connectivity index (χ2v) is 9.57. The molecule has 3 atom stereocenters. The first-order valence-corrected chi connectivity index (χ1v) is 12.3. The third kappa shape index (κ3) is 7.72. The molecule has 0 bridgehead atoms. The molecule has 0 amide bonds. The van der Waals surface area contributed by atoms with Crippen LogP contribution in [-0.2, 0) is 16.0 Å². The smallest absolute Gasteiger partial charge is 0.135 e. The summed E-state index contributed by atoms with van der Waals surface area (Å²) < 4.78 is 0. The number of rotatable bonds is 11. The van der Waals surface area contributed by atoms with E-state index in [9.17, 15) is 9.59 Å². The molecule has 2 saturated carbocycles. The molecule has 0 saturated heterocycles. The van der Waals surface area contributed by atoms with Gasteiger partial charge in [0.25, 0.3) is 0 Å². The van der Waals surface area contributed by atoms with Gasteiger partial charge in [-0.1, -0.05) is 75.3 Å². The highest BCUT2D eigenvalue weighted by Crippen LogP contribution is 2.41. The van der Waals surface area contributed by atoms with Crippen molar-refractivity contribution in [1.82, 2.24) is 0 Å². The molecule has 2 heteroatoms. The van der Waals surface area contributed by atoms with Gasteiger partial charge >= 0.3 is 0 Å². The number of Topliss-reactive ketones (excluding diaryl/α,β-unsaturated/α-hetero) is 2. The predicted molar refractivity (Wildman–Crippen MR) is 120 cm³/mol. The molecule has 0 radical (unpaired) electrons.